The number of halogens is 1. The standard InChI is InChI=1S/C6H3ClN2OS/c7-3-1-4-6(2-5(3)10)11-9-8-4/h1-2,10H. The fourth-order valence-corrected chi connectivity index (χ4v) is 1.52. The van der Waals surface area contributed by atoms with Crippen LogP contribution in [-0.4, -0.2) is 14.7 Å². The van der Waals surface area contributed by atoms with Gasteiger partial charge in [0.1, 0.15) is 11.3 Å². The lowest BCUT2D eigenvalue weighted by Gasteiger charge is -1.92. The summed E-state index contributed by atoms with van der Waals surface area (Å²) >= 11 is 6.86. The fourth-order valence-electron chi connectivity index (χ4n) is 0.792. The van der Waals surface area contributed by atoms with Gasteiger partial charge >= 0.3 is 0 Å². The quantitative estimate of drug-likeness (QED) is 0.685. The first kappa shape index (κ1) is 6.82. The van der Waals surface area contributed by atoms with Crippen LogP contribution in [0.1, 0.15) is 0 Å². The number of fused-ring (bicyclic) bond motifs is 1. The summed E-state index contributed by atoms with van der Waals surface area (Å²) in [5.41, 5.74) is 0.720. The van der Waals surface area contributed by atoms with Crippen molar-refractivity contribution in [1.82, 2.24) is 9.59 Å². The minimum Gasteiger partial charge on any atom is -0.506 e. The highest BCUT2D eigenvalue weighted by molar-refractivity contribution is 7.12. The summed E-state index contributed by atoms with van der Waals surface area (Å²) in [6.07, 6.45) is 0. The first-order valence-electron chi connectivity index (χ1n) is 2.88. The zero-order valence-electron chi connectivity index (χ0n) is 5.28. The molecule has 5 heteroatoms. The lowest BCUT2D eigenvalue weighted by Crippen LogP contribution is -1.70. The molecular weight excluding hydrogens is 184 g/mol. The largest absolute Gasteiger partial charge is 0.506 e. The molecular formula is C6H3ClN2OS. The van der Waals surface area contributed by atoms with Crippen molar-refractivity contribution in [2.45, 2.75) is 0 Å². The van der Waals surface area contributed by atoms with Gasteiger partial charge in [-0.1, -0.05) is 16.1 Å². The summed E-state index contributed by atoms with van der Waals surface area (Å²) < 4.78 is 4.55. The van der Waals surface area contributed by atoms with E-state index in [1.165, 1.54) is 11.5 Å². The van der Waals surface area contributed by atoms with Crippen molar-refractivity contribution in [2.75, 3.05) is 0 Å². The number of benzene rings is 1. The van der Waals surface area contributed by atoms with E-state index in [0.717, 1.165) is 10.2 Å². The van der Waals surface area contributed by atoms with Crippen molar-refractivity contribution in [3.05, 3.63) is 17.2 Å². The summed E-state index contributed by atoms with van der Waals surface area (Å²) in [7, 11) is 0. The van der Waals surface area contributed by atoms with Crippen LogP contribution in [0.2, 0.25) is 5.02 Å². The van der Waals surface area contributed by atoms with Gasteiger partial charge in [-0.05, 0) is 17.6 Å². The molecule has 1 aromatic carbocycles. The van der Waals surface area contributed by atoms with E-state index in [-0.39, 0.29) is 5.75 Å². The Hall–Kier alpha value is -0.870. The van der Waals surface area contributed by atoms with Gasteiger partial charge in [-0.2, -0.15) is 0 Å². The molecule has 0 radical (unpaired) electrons. The smallest absolute Gasteiger partial charge is 0.135 e. The lowest BCUT2D eigenvalue weighted by molar-refractivity contribution is 0.476. The minimum absolute atomic E-state index is 0.0743. The molecule has 0 aliphatic heterocycles. The van der Waals surface area contributed by atoms with Gasteiger partial charge in [0, 0.05) is 6.07 Å². The Morgan fingerprint density at radius 2 is 2.27 bits per heavy atom. The van der Waals surface area contributed by atoms with Gasteiger partial charge in [0.15, 0.2) is 0 Å². The van der Waals surface area contributed by atoms with E-state index < -0.39 is 0 Å². The van der Waals surface area contributed by atoms with E-state index in [2.05, 4.69) is 9.59 Å². The normalized spacial score (nSPS) is 10.6. The van der Waals surface area contributed by atoms with Gasteiger partial charge < -0.3 is 5.11 Å². The van der Waals surface area contributed by atoms with E-state index in [1.807, 2.05) is 0 Å². The fraction of sp³-hybridized carbons (Fsp3) is 0. The second kappa shape index (κ2) is 2.32. The third kappa shape index (κ3) is 1.04. The van der Waals surface area contributed by atoms with Crippen LogP contribution in [0.15, 0.2) is 12.1 Å². The topological polar surface area (TPSA) is 46.0 Å². The zero-order chi connectivity index (χ0) is 7.84. The number of hydrogen-bond donors (Lipinski definition) is 1. The molecule has 0 fully saturated rings. The predicted octanol–water partition coefficient (Wildman–Crippen LogP) is 2.05. The van der Waals surface area contributed by atoms with E-state index in [9.17, 15) is 0 Å². The van der Waals surface area contributed by atoms with Crippen molar-refractivity contribution in [1.29, 1.82) is 0 Å². The minimum atomic E-state index is 0.0743. The molecule has 56 valence electrons. The first-order chi connectivity index (χ1) is 5.27. The third-order valence-electron chi connectivity index (χ3n) is 1.32. The number of rotatable bonds is 0. The third-order valence-corrected chi connectivity index (χ3v) is 2.31. The Kier molecular flexibility index (Phi) is 1.44. The number of phenolic OH excluding ortho intramolecular Hbond substituents is 1. The van der Waals surface area contributed by atoms with E-state index >= 15 is 0 Å². The van der Waals surface area contributed by atoms with Crippen LogP contribution in [0.4, 0.5) is 0 Å². The van der Waals surface area contributed by atoms with Crippen molar-refractivity contribution in [3.63, 3.8) is 0 Å². The number of phenols is 1. The van der Waals surface area contributed by atoms with Crippen LogP contribution < -0.4 is 0 Å². The van der Waals surface area contributed by atoms with E-state index in [0.29, 0.717) is 5.02 Å². The van der Waals surface area contributed by atoms with Crippen molar-refractivity contribution in [3.8, 4) is 5.75 Å². The summed E-state index contributed by atoms with van der Waals surface area (Å²) in [4.78, 5) is 0. The molecule has 1 heterocycles. The molecule has 2 rings (SSSR count). The van der Waals surface area contributed by atoms with E-state index in [4.69, 9.17) is 16.7 Å². The Labute approximate surface area is 71.4 Å². The summed E-state index contributed by atoms with van der Waals surface area (Å²) in [6, 6.07) is 3.15. The Balaban J connectivity index is 2.86. The van der Waals surface area contributed by atoms with Crippen molar-refractivity contribution in [2.24, 2.45) is 0 Å². The molecule has 0 spiro atoms. The SMILES string of the molecule is Oc1cc2snnc2cc1Cl. The first-order valence-corrected chi connectivity index (χ1v) is 4.03. The highest BCUT2D eigenvalue weighted by Gasteiger charge is 2.03. The van der Waals surface area contributed by atoms with Crippen LogP contribution >= 0.6 is 23.1 Å². The van der Waals surface area contributed by atoms with Crippen LogP contribution in [0.25, 0.3) is 10.2 Å². The molecule has 1 N–H and O–H groups in total. The molecule has 0 aliphatic carbocycles. The Morgan fingerprint density at radius 3 is 3.09 bits per heavy atom. The average Bonchev–Trinajstić information content (AvgIpc) is 2.36. The highest BCUT2D eigenvalue weighted by atomic mass is 35.5. The maximum atomic E-state index is 9.15. The Morgan fingerprint density at radius 1 is 1.45 bits per heavy atom. The molecule has 0 saturated heterocycles. The summed E-state index contributed by atoms with van der Waals surface area (Å²) in [5, 5.41) is 13.3. The van der Waals surface area contributed by atoms with Gasteiger partial charge in [-0.15, -0.1) is 5.10 Å². The van der Waals surface area contributed by atoms with Crippen LogP contribution in [-0.2, 0) is 0 Å². The molecule has 0 unspecified atom stereocenters. The van der Waals surface area contributed by atoms with E-state index in [1.54, 1.807) is 12.1 Å². The molecule has 3 nitrogen and oxygen atoms in total. The van der Waals surface area contributed by atoms with Gasteiger partial charge in [0.2, 0.25) is 0 Å². The predicted molar refractivity (Wildman–Crippen MR) is 44.1 cm³/mol. The number of aromatic hydroxyl groups is 1. The van der Waals surface area contributed by atoms with Crippen LogP contribution in [0, 0.1) is 0 Å². The molecule has 11 heavy (non-hydrogen) atoms. The number of hydrogen-bond acceptors (Lipinski definition) is 4. The molecule has 0 bridgehead atoms. The van der Waals surface area contributed by atoms with Gasteiger partial charge in [0.05, 0.1) is 9.72 Å². The molecule has 0 atom stereocenters. The van der Waals surface area contributed by atoms with Crippen molar-refractivity contribution >= 4 is 33.4 Å². The number of aromatic nitrogens is 2. The number of nitrogens with zero attached hydrogens (tertiary/aromatic N) is 2. The van der Waals surface area contributed by atoms with Crippen LogP contribution in [0.3, 0.4) is 0 Å². The van der Waals surface area contributed by atoms with Gasteiger partial charge in [-0.25, -0.2) is 0 Å². The Bertz CT molecular complexity index is 364. The molecule has 0 amide bonds. The second-order valence-electron chi connectivity index (χ2n) is 2.04. The van der Waals surface area contributed by atoms with Gasteiger partial charge in [-0.3, -0.25) is 0 Å². The summed E-state index contributed by atoms with van der Waals surface area (Å²) in [5.74, 6) is 0.0743. The average molecular weight is 187 g/mol. The zero-order valence-corrected chi connectivity index (χ0v) is 6.85. The second-order valence-corrected chi connectivity index (χ2v) is 3.24. The molecule has 0 aliphatic rings. The summed E-state index contributed by atoms with van der Waals surface area (Å²) in [6.45, 7) is 0. The maximum Gasteiger partial charge on any atom is 0.135 e. The maximum absolute atomic E-state index is 9.15. The lowest BCUT2D eigenvalue weighted by atomic mass is 10.3. The molecule has 0 saturated carbocycles. The highest BCUT2D eigenvalue weighted by Crippen LogP contribution is 2.28. The van der Waals surface area contributed by atoms with Crippen LogP contribution in [0.5, 0.6) is 5.75 Å². The van der Waals surface area contributed by atoms with Gasteiger partial charge in [0.25, 0.3) is 0 Å². The molecule has 1 aromatic heterocycles. The monoisotopic (exact) mass is 186 g/mol. The molecule has 2 aromatic rings. The van der Waals surface area contributed by atoms with Crippen molar-refractivity contribution < 1.29 is 5.11 Å².